The third-order valence-corrected chi connectivity index (χ3v) is 3.23. The SMILES string of the molecule is CCn1ncc(-c2ccc(CC(C)N)cc2)c1C. The van der Waals surface area contributed by atoms with Crippen LogP contribution in [-0.4, -0.2) is 15.8 Å². The van der Waals surface area contributed by atoms with Crippen molar-refractivity contribution in [2.24, 2.45) is 5.73 Å². The molecule has 0 amide bonds. The molecule has 0 aliphatic heterocycles. The highest BCUT2D eigenvalue weighted by molar-refractivity contribution is 5.65. The van der Waals surface area contributed by atoms with Crippen molar-refractivity contribution in [3.8, 4) is 11.1 Å². The lowest BCUT2D eigenvalue weighted by atomic mass is 10.0. The Bertz CT molecular complexity index is 509. The lowest BCUT2D eigenvalue weighted by Crippen LogP contribution is -2.17. The van der Waals surface area contributed by atoms with E-state index in [0.717, 1.165) is 13.0 Å². The summed E-state index contributed by atoms with van der Waals surface area (Å²) in [4.78, 5) is 0. The van der Waals surface area contributed by atoms with E-state index in [1.165, 1.54) is 22.4 Å². The van der Waals surface area contributed by atoms with Crippen LogP contribution >= 0.6 is 0 Å². The van der Waals surface area contributed by atoms with Crippen LogP contribution in [0.5, 0.6) is 0 Å². The standard InChI is InChI=1S/C15H21N3/c1-4-18-12(3)15(10-17-18)14-7-5-13(6-8-14)9-11(2)16/h5-8,10-11H,4,9,16H2,1-3H3. The van der Waals surface area contributed by atoms with Crippen molar-refractivity contribution in [1.29, 1.82) is 0 Å². The lowest BCUT2D eigenvalue weighted by molar-refractivity contribution is 0.640. The van der Waals surface area contributed by atoms with Gasteiger partial charge in [0, 0.05) is 23.8 Å². The van der Waals surface area contributed by atoms with Crippen LogP contribution in [0.3, 0.4) is 0 Å². The van der Waals surface area contributed by atoms with E-state index in [4.69, 9.17) is 5.73 Å². The molecule has 96 valence electrons. The van der Waals surface area contributed by atoms with E-state index < -0.39 is 0 Å². The molecule has 2 rings (SSSR count). The number of aryl methyl sites for hydroxylation is 1. The number of rotatable bonds is 4. The summed E-state index contributed by atoms with van der Waals surface area (Å²) < 4.78 is 2.02. The zero-order valence-electron chi connectivity index (χ0n) is 11.4. The molecule has 1 heterocycles. The Kier molecular flexibility index (Phi) is 3.82. The average molecular weight is 243 g/mol. The Hall–Kier alpha value is -1.61. The molecule has 1 unspecified atom stereocenters. The maximum Gasteiger partial charge on any atom is 0.0571 e. The summed E-state index contributed by atoms with van der Waals surface area (Å²) in [7, 11) is 0. The number of hydrogen-bond acceptors (Lipinski definition) is 2. The molecule has 0 fully saturated rings. The average Bonchev–Trinajstić information content (AvgIpc) is 2.71. The molecule has 3 nitrogen and oxygen atoms in total. The van der Waals surface area contributed by atoms with Gasteiger partial charge in [-0.15, -0.1) is 0 Å². The first-order valence-corrected chi connectivity index (χ1v) is 6.49. The largest absolute Gasteiger partial charge is 0.328 e. The van der Waals surface area contributed by atoms with Crippen molar-refractivity contribution < 1.29 is 0 Å². The van der Waals surface area contributed by atoms with E-state index in [1.807, 2.05) is 17.8 Å². The minimum Gasteiger partial charge on any atom is -0.328 e. The predicted octanol–water partition coefficient (Wildman–Crippen LogP) is 2.77. The van der Waals surface area contributed by atoms with Crippen molar-refractivity contribution in [1.82, 2.24) is 9.78 Å². The van der Waals surface area contributed by atoms with Gasteiger partial charge in [-0.2, -0.15) is 5.10 Å². The number of aromatic nitrogens is 2. The van der Waals surface area contributed by atoms with Crippen LogP contribution in [0.15, 0.2) is 30.5 Å². The molecule has 3 heteroatoms. The van der Waals surface area contributed by atoms with Crippen LogP contribution in [0, 0.1) is 6.92 Å². The van der Waals surface area contributed by atoms with Crippen molar-refractivity contribution in [2.75, 3.05) is 0 Å². The topological polar surface area (TPSA) is 43.8 Å². The number of benzene rings is 1. The number of hydrogen-bond donors (Lipinski definition) is 1. The molecule has 0 saturated heterocycles. The van der Waals surface area contributed by atoms with Gasteiger partial charge in [0.25, 0.3) is 0 Å². The summed E-state index contributed by atoms with van der Waals surface area (Å²) in [5, 5.41) is 4.38. The molecule has 0 saturated carbocycles. The normalized spacial score (nSPS) is 12.7. The Morgan fingerprint density at radius 3 is 2.44 bits per heavy atom. The molecule has 18 heavy (non-hydrogen) atoms. The fourth-order valence-electron chi connectivity index (χ4n) is 2.24. The molecule has 0 radical (unpaired) electrons. The van der Waals surface area contributed by atoms with Gasteiger partial charge in [-0.25, -0.2) is 0 Å². The first kappa shape index (κ1) is 12.8. The summed E-state index contributed by atoms with van der Waals surface area (Å²) in [6.07, 6.45) is 2.87. The molecule has 2 N–H and O–H groups in total. The summed E-state index contributed by atoms with van der Waals surface area (Å²) in [5.74, 6) is 0. The van der Waals surface area contributed by atoms with E-state index in [0.29, 0.717) is 0 Å². The smallest absolute Gasteiger partial charge is 0.0571 e. The van der Waals surface area contributed by atoms with Gasteiger partial charge >= 0.3 is 0 Å². The van der Waals surface area contributed by atoms with Gasteiger partial charge in [0.05, 0.1) is 6.20 Å². The van der Waals surface area contributed by atoms with Crippen molar-refractivity contribution in [2.45, 2.75) is 39.8 Å². The van der Waals surface area contributed by atoms with E-state index in [-0.39, 0.29) is 6.04 Å². The summed E-state index contributed by atoms with van der Waals surface area (Å²) in [6.45, 7) is 7.16. The molecule has 0 aliphatic rings. The van der Waals surface area contributed by atoms with Gasteiger partial charge < -0.3 is 5.73 Å². The predicted molar refractivity (Wildman–Crippen MR) is 75.4 cm³/mol. The molecular weight excluding hydrogens is 222 g/mol. The molecule has 0 aliphatic carbocycles. The second-order valence-electron chi connectivity index (χ2n) is 4.84. The number of nitrogens with two attached hydrogens (primary N) is 1. The van der Waals surface area contributed by atoms with Crippen molar-refractivity contribution in [3.05, 3.63) is 41.7 Å². The van der Waals surface area contributed by atoms with E-state index >= 15 is 0 Å². The molecule has 0 bridgehead atoms. The minimum atomic E-state index is 0.209. The maximum atomic E-state index is 5.81. The fourth-order valence-corrected chi connectivity index (χ4v) is 2.24. The lowest BCUT2D eigenvalue weighted by Gasteiger charge is -2.07. The van der Waals surface area contributed by atoms with Gasteiger partial charge in [-0.05, 0) is 38.3 Å². The van der Waals surface area contributed by atoms with Gasteiger partial charge in [-0.1, -0.05) is 24.3 Å². The first-order valence-electron chi connectivity index (χ1n) is 6.49. The van der Waals surface area contributed by atoms with Crippen molar-refractivity contribution in [3.63, 3.8) is 0 Å². The van der Waals surface area contributed by atoms with Crippen molar-refractivity contribution >= 4 is 0 Å². The quantitative estimate of drug-likeness (QED) is 0.897. The molecule has 1 aromatic carbocycles. The fraction of sp³-hybridized carbons (Fsp3) is 0.400. The second-order valence-corrected chi connectivity index (χ2v) is 4.84. The van der Waals surface area contributed by atoms with Crippen LogP contribution < -0.4 is 5.73 Å². The molecule has 1 aromatic heterocycles. The van der Waals surface area contributed by atoms with E-state index in [9.17, 15) is 0 Å². The Labute approximate surface area is 109 Å². The van der Waals surface area contributed by atoms with Crippen LogP contribution in [-0.2, 0) is 13.0 Å². The minimum absolute atomic E-state index is 0.209. The van der Waals surface area contributed by atoms with Gasteiger partial charge in [0.1, 0.15) is 0 Å². The monoisotopic (exact) mass is 243 g/mol. The highest BCUT2D eigenvalue weighted by atomic mass is 15.3. The number of nitrogens with zero attached hydrogens (tertiary/aromatic N) is 2. The second kappa shape index (κ2) is 5.36. The molecular formula is C15H21N3. The van der Waals surface area contributed by atoms with Gasteiger partial charge in [0.15, 0.2) is 0 Å². The third kappa shape index (κ3) is 2.62. The van der Waals surface area contributed by atoms with Crippen LogP contribution in [0.1, 0.15) is 25.1 Å². The first-order chi connectivity index (χ1) is 8.61. The Morgan fingerprint density at radius 2 is 1.94 bits per heavy atom. The zero-order valence-corrected chi connectivity index (χ0v) is 11.4. The Balaban J connectivity index is 2.26. The van der Waals surface area contributed by atoms with Gasteiger partial charge in [0.2, 0.25) is 0 Å². The third-order valence-electron chi connectivity index (χ3n) is 3.23. The molecule has 0 spiro atoms. The summed E-state index contributed by atoms with van der Waals surface area (Å²) in [6, 6.07) is 8.83. The summed E-state index contributed by atoms with van der Waals surface area (Å²) in [5.41, 5.74) is 10.7. The van der Waals surface area contributed by atoms with E-state index in [2.05, 4.69) is 43.2 Å². The highest BCUT2D eigenvalue weighted by Gasteiger charge is 2.07. The maximum absolute atomic E-state index is 5.81. The van der Waals surface area contributed by atoms with Crippen LogP contribution in [0.2, 0.25) is 0 Å². The van der Waals surface area contributed by atoms with E-state index in [1.54, 1.807) is 0 Å². The highest BCUT2D eigenvalue weighted by Crippen LogP contribution is 2.23. The molecule has 2 aromatic rings. The summed E-state index contributed by atoms with van der Waals surface area (Å²) >= 11 is 0. The Morgan fingerprint density at radius 1 is 1.28 bits per heavy atom. The van der Waals surface area contributed by atoms with Gasteiger partial charge in [-0.3, -0.25) is 4.68 Å². The van der Waals surface area contributed by atoms with Crippen LogP contribution in [0.4, 0.5) is 0 Å². The molecule has 1 atom stereocenters. The van der Waals surface area contributed by atoms with Crippen LogP contribution in [0.25, 0.3) is 11.1 Å². The zero-order chi connectivity index (χ0) is 13.1.